The summed E-state index contributed by atoms with van der Waals surface area (Å²) >= 11 is 5.87. The van der Waals surface area contributed by atoms with Crippen LogP contribution >= 0.6 is 11.6 Å². The van der Waals surface area contributed by atoms with Crippen molar-refractivity contribution in [3.63, 3.8) is 0 Å². The quantitative estimate of drug-likeness (QED) is 0.365. The van der Waals surface area contributed by atoms with Crippen molar-refractivity contribution < 1.29 is 29.2 Å². The van der Waals surface area contributed by atoms with Gasteiger partial charge in [0.05, 0.1) is 12.2 Å². The average molecular weight is 427 g/mol. The van der Waals surface area contributed by atoms with Crippen LogP contribution in [0.1, 0.15) is 32.1 Å². The van der Waals surface area contributed by atoms with Gasteiger partial charge in [0.15, 0.2) is 6.17 Å². The van der Waals surface area contributed by atoms with Crippen molar-refractivity contribution >= 4 is 17.6 Å². The van der Waals surface area contributed by atoms with Gasteiger partial charge in [0, 0.05) is 23.8 Å². The van der Waals surface area contributed by atoms with Crippen molar-refractivity contribution in [3.8, 4) is 5.75 Å². The van der Waals surface area contributed by atoms with Crippen LogP contribution in [0.25, 0.3) is 0 Å². The van der Waals surface area contributed by atoms with E-state index in [1.54, 1.807) is 30.3 Å². The van der Waals surface area contributed by atoms with E-state index in [2.05, 4.69) is 0 Å². The van der Waals surface area contributed by atoms with E-state index in [-0.39, 0.29) is 31.3 Å². The van der Waals surface area contributed by atoms with E-state index in [4.69, 9.17) is 21.4 Å². The van der Waals surface area contributed by atoms with Crippen LogP contribution < -0.4 is 4.74 Å². The molecule has 160 valence electrons. The number of hydrogen-bond acceptors (Lipinski definition) is 4. The number of aliphatic carboxylic acids is 1. The molecule has 2 rings (SSSR count). The lowest BCUT2D eigenvalue weighted by atomic mass is 9.89. The van der Waals surface area contributed by atoms with Gasteiger partial charge in [-0.25, -0.2) is 4.39 Å². The minimum absolute atomic E-state index is 0.121. The zero-order valence-corrected chi connectivity index (χ0v) is 16.9. The highest BCUT2D eigenvalue weighted by atomic mass is 35.5. The van der Waals surface area contributed by atoms with Gasteiger partial charge in [-0.15, -0.1) is 0 Å². The lowest BCUT2D eigenvalue weighted by Crippen LogP contribution is -2.20. The monoisotopic (exact) mass is 426 g/mol. The van der Waals surface area contributed by atoms with Crippen LogP contribution in [0.5, 0.6) is 5.75 Å². The van der Waals surface area contributed by atoms with Crippen molar-refractivity contribution in [3.05, 3.63) is 53.6 Å². The van der Waals surface area contributed by atoms with Crippen LogP contribution in [0.15, 0.2) is 48.6 Å². The second-order valence-corrected chi connectivity index (χ2v) is 7.71. The van der Waals surface area contributed by atoms with E-state index in [9.17, 15) is 19.4 Å². The summed E-state index contributed by atoms with van der Waals surface area (Å²) in [6.07, 6.45) is 6.13. The third-order valence-electron chi connectivity index (χ3n) is 5.00. The van der Waals surface area contributed by atoms with Gasteiger partial charge in [-0.1, -0.05) is 42.0 Å². The molecule has 0 aromatic heterocycles. The fourth-order valence-electron chi connectivity index (χ4n) is 3.49. The van der Waals surface area contributed by atoms with Gasteiger partial charge in [0.25, 0.3) is 0 Å². The fraction of sp³-hybridized carbons (Fsp3) is 0.500. The highest BCUT2D eigenvalue weighted by Crippen LogP contribution is 2.36. The third-order valence-corrected chi connectivity index (χ3v) is 5.23. The predicted octanol–water partition coefficient (Wildman–Crippen LogP) is 4.17. The van der Waals surface area contributed by atoms with E-state index in [0.717, 1.165) is 0 Å². The van der Waals surface area contributed by atoms with Gasteiger partial charge in [0.2, 0.25) is 0 Å². The molecule has 0 heterocycles. The molecule has 0 radical (unpaired) electrons. The van der Waals surface area contributed by atoms with Crippen molar-refractivity contribution in [2.45, 2.75) is 50.5 Å². The number of alkyl halides is 1. The first kappa shape index (κ1) is 23.4. The smallest absolute Gasteiger partial charge is 0.303 e. The highest BCUT2D eigenvalue weighted by Gasteiger charge is 2.39. The molecule has 5 atom stereocenters. The SMILES string of the molecule is O=C(O)CCCC=CC[C@@H]1[C@@H](C=C[C@H](F)COc2cccc(Cl)c2)[C@H](O)C[C@@H]1O. The van der Waals surface area contributed by atoms with Gasteiger partial charge < -0.3 is 20.1 Å². The number of ether oxygens (including phenoxy) is 1. The van der Waals surface area contributed by atoms with Gasteiger partial charge >= 0.3 is 5.97 Å². The van der Waals surface area contributed by atoms with Crippen LogP contribution in [0, 0.1) is 11.8 Å². The maximum atomic E-state index is 14.2. The Bertz CT molecular complexity index is 708. The van der Waals surface area contributed by atoms with Gasteiger partial charge in [-0.05, 0) is 43.4 Å². The molecule has 0 bridgehead atoms. The number of halogens is 2. The molecule has 0 spiro atoms. The molecule has 29 heavy (non-hydrogen) atoms. The summed E-state index contributed by atoms with van der Waals surface area (Å²) in [5.74, 6) is -0.898. The molecule has 5 nitrogen and oxygen atoms in total. The Morgan fingerprint density at radius 1 is 1.31 bits per heavy atom. The Morgan fingerprint density at radius 2 is 2.10 bits per heavy atom. The molecule has 1 saturated carbocycles. The summed E-state index contributed by atoms with van der Waals surface area (Å²) in [5, 5.41) is 29.6. The summed E-state index contributed by atoms with van der Waals surface area (Å²) in [7, 11) is 0. The normalized spacial score (nSPS) is 25.7. The first-order valence-corrected chi connectivity index (χ1v) is 10.2. The Morgan fingerprint density at radius 3 is 2.83 bits per heavy atom. The number of hydrogen-bond donors (Lipinski definition) is 3. The van der Waals surface area contributed by atoms with Crippen LogP contribution in [0.4, 0.5) is 4.39 Å². The van der Waals surface area contributed by atoms with Crippen molar-refractivity contribution in [2.75, 3.05) is 6.61 Å². The van der Waals surface area contributed by atoms with Crippen LogP contribution in [-0.2, 0) is 4.79 Å². The van der Waals surface area contributed by atoms with Gasteiger partial charge in [-0.3, -0.25) is 4.79 Å². The summed E-state index contributed by atoms with van der Waals surface area (Å²) < 4.78 is 19.6. The molecule has 1 aliphatic carbocycles. The molecule has 3 N–H and O–H groups in total. The number of carboxylic acids is 1. The second kappa shape index (κ2) is 12.0. The molecule has 0 aliphatic heterocycles. The van der Waals surface area contributed by atoms with E-state index in [1.807, 2.05) is 12.2 Å². The molecule has 1 fully saturated rings. The molecule has 1 aromatic rings. The van der Waals surface area contributed by atoms with Crippen molar-refractivity contribution in [1.82, 2.24) is 0 Å². The van der Waals surface area contributed by atoms with E-state index in [0.29, 0.717) is 30.0 Å². The van der Waals surface area contributed by atoms with E-state index in [1.165, 1.54) is 6.08 Å². The highest BCUT2D eigenvalue weighted by molar-refractivity contribution is 6.30. The summed E-state index contributed by atoms with van der Waals surface area (Å²) in [6.45, 7) is -0.170. The Labute approximate surface area is 175 Å². The number of carboxylic acid groups (broad SMARTS) is 1. The predicted molar refractivity (Wildman–Crippen MR) is 110 cm³/mol. The Kier molecular flexibility index (Phi) is 9.64. The minimum atomic E-state index is -1.36. The molecule has 0 amide bonds. The Hall–Kier alpha value is -1.89. The summed E-state index contributed by atoms with van der Waals surface area (Å²) in [5.41, 5.74) is 0. The zero-order valence-electron chi connectivity index (χ0n) is 16.2. The van der Waals surface area contributed by atoms with Crippen LogP contribution in [-0.4, -0.2) is 46.3 Å². The van der Waals surface area contributed by atoms with Gasteiger partial charge in [0.1, 0.15) is 12.4 Å². The van der Waals surface area contributed by atoms with Gasteiger partial charge in [-0.2, -0.15) is 0 Å². The van der Waals surface area contributed by atoms with E-state index >= 15 is 0 Å². The lowest BCUT2D eigenvalue weighted by Gasteiger charge is -2.19. The molecule has 1 aliphatic rings. The lowest BCUT2D eigenvalue weighted by molar-refractivity contribution is -0.137. The number of aliphatic hydroxyl groups is 2. The first-order chi connectivity index (χ1) is 13.9. The molecular formula is C22H28ClFO5. The average Bonchev–Trinajstić information content (AvgIpc) is 2.93. The van der Waals surface area contributed by atoms with Crippen molar-refractivity contribution in [1.29, 1.82) is 0 Å². The van der Waals surface area contributed by atoms with Crippen molar-refractivity contribution in [2.24, 2.45) is 11.8 Å². The summed E-state index contributed by atoms with van der Waals surface area (Å²) in [4.78, 5) is 10.5. The fourth-order valence-corrected chi connectivity index (χ4v) is 3.67. The molecule has 0 saturated heterocycles. The topological polar surface area (TPSA) is 87.0 Å². The summed E-state index contributed by atoms with van der Waals surface area (Å²) in [6, 6.07) is 6.72. The zero-order chi connectivity index (χ0) is 21.2. The maximum Gasteiger partial charge on any atom is 0.303 e. The first-order valence-electron chi connectivity index (χ1n) is 9.80. The Balaban J connectivity index is 1.83. The molecule has 1 aromatic carbocycles. The second-order valence-electron chi connectivity index (χ2n) is 7.27. The van der Waals surface area contributed by atoms with Crippen LogP contribution in [0.2, 0.25) is 5.02 Å². The minimum Gasteiger partial charge on any atom is -0.490 e. The number of benzene rings is 1. The number of allylic oxidation sites excluding steroid dienone is 2. The van der Waals surface area contributed by atoms with Crippen LogP contribution in [0.3, 0.4) is 0 Å². The number of rotatable bonds is 11. The molecular weight excluding hydrogens is 399 g/mol. The number of unbranched alkanes of at least 4 members (excludes halogenated alkanes) is 1. The standard InChI is InChI=1S/C22H28ClFO5/c23-15-6-5-7-17(12-15)29-14-16(24)10-11-19-18(20(25)13-21(19)26)8-3-1-2-4-9-22(27)28/h1,3,5-7,10-12,16,18-21,25-26H,2,4,8-9,13-14H2,(H,27,28)/t16-,18+,19+,20-,21+/m0/s1. The maximum absolute atomic E-state index is 14.2. The third kappa shape index (κ3) is 8.17. The van der Waals surface area contributed by atoms with E-state index < -0.39 is 24.3 Å². The number of carbonyl (C=O) groups is 1. The largest absolute Gasteiger partial charge is 0.490 e. The molecule has 7 heteroatoms. The molecule has 0 unspecified atom stereocenters. The number of aliphatic hydroxyl groups excluding tert-OH is 2.